The van der Waals surface area contributed by atoms with Crippen LogP contribution in [0.2, 0.25) is 0 Å². The standard InChI is InChI=1S/C14H20O4/c1-5-9-16-11-7-6-8-12(10-11)17-13(15)18-14(2,3)4/h6-8,10H,5,9H2,1-4H3. The van der Waals surface area contributed by atoms with Gasteiger partial charge in [-0.25, -0.2) is 4.79 Å². The van der Waals surface area contributed by atoms with Crippen LogP contribution in [-0.4, -0.2) is 18.4 Å². The SMILES string of the molecule is CCCOc1cccc(OC(=O)OC(C)(C)C)c1. The molecule has 0 aliphatic rings. The normalized spacial score (nSPS) is 10.9. The van der Waals surface area contributed by atoms with Crippen LogP contribution in [0.4, 0.5) is 4.79 Å². The van der Waals surface area contributed by atoms with Crippen molar-refractivity contribution in [3.63, 3.8) is 0 Å². The Balaban J connectivity index is 2.59. The third kappa shape index (κ3) is 5.57. The van der Waals surface area contributed by atoms with Gasteiger partial charge < -0.3 is 14.2 Å². The summed E-state index contributed by atoms with van der Waals surface area (Å²) in [6.45, 7) is 8.02. The van der Waals surface area contributed by atoms with Gasteiger partial charge in [0.2, 0.25) is 0 Å². The van der Waals surface area contributed by atoms with E-state index in [1.54, 1.807) is 39.0 Å². The van der Waals surface area contributed by atoms with E-state index in [1.165, 1.54) is 0 Å². The number of benzene rings is 1. The second kappa shape index (κ2) is 6.28. The Morgan fingerprint density at radius 1 is 1.22 bits per heavy atom. The average Bonchev–Trinajstić information content (AvgIpc) is 2.24. The molecular formula is C14H20O4. The van der Waals surface area contributed by atoms with Crippen LogP contribution in [0.5, 0.6) is 11.5 Å². The van der Waals surface area contributed by atoms with Crippen LogP contribution >= 0.6 is 0 Å². The molecule has 0 aliphatic heterocycles. The van der Waals surface area contributed by atoms with Gasteiger partial charge in [-0.05, 0) is 39.3 Å². The molecule has 0 N–H and O–H groups in total. The first kappa shape index (κ1) is 14.4. The van der Waals surface area contributed by atoms with Crippen LogP contribution in [-0.2, 0) is 4.74 Å². The van der Waals surface area contributed by atoms with Crippen LogP contribution in [0.1, 0.15) is 34.1 Å². The fourth-order valence-electron chi connectivity index (χ4n) is 1.21. The summed E-state index contributed by atoms with van der Waals surface area (Å²) in [6.07, 6.45) is 0.215. The quantitative estimate of drug-likeness (QED) is 0.604. The van der Waals surface area contributed by atoms with Gasteiger partial charge >= 0.3 is 6.16 Å². The van der Waals surface area contributed by atoms with Crippen LogP contribution in [0.15, 0.2) is 24.3 Å². The lowest BCUT2D eigenvalue weighted by Crippen LogP contribution is -2.25. The van der Waals surface area contributed by atoms with Gasteiger partial charge in [-0.2, -0.15) is 0 Å². The maximum absolute atomic E-state index is 11.5. The molecule has 1 aromatic rings. The third-order valence-electron chi connectivity index (χ3n) is 1.87. The fourth-order valence-corrected chi connectivity index (χ4v) is 1.21. The van der Waals surface area contributed by atoms with E-state index in [9.17, 15) is 4.79 Å². The molecule has 4 nitrogen and oxygen atoms in total. The van der Waals surface area contributed by atoms with Gasteiger partial charge in [-0.15, -0.1) is 0 Å². The number of hydrogen-bond acceptors (Lipinski definition) is 4. The van der Waals surface area contributed by atoms with E-state index in [-0.39, 0.29) is 0 Å². The van der Waals surface area contributed by atoms with Crippen molar-refractivity contribution >= 4 is 6.16 Å². The van der Waals surface area contributed by atoms with Crippen molar-refractivity contribution in [1.29, 1.82) is 0 Å². The molecule has 1 aromatic carbocycles. The summed E-state index contributed by atoms with van der Waals surface area (Å²) in [4.78, 5) is 11.5. The highest BCUT2D eigenvalue weighted by Crippen LogP contribution is 2.20. The van der Waals surface area contributed by atoms with Crippen molar-refractivity contribution in [3.8, 4) is 11.5 Å². The average molecular weight is 252 g/mol. The first-order valence-corrected chi connectivity index (χ1v) is 6.04. The highest BCUT2D eigenvalue weighted by atomic mass is 16.7. The summed E-state index contributed by atoms with van der Waals surface area (Å²) in [7, 11) is 0. The van der Waals surface area contributed by atoms with E-state index in [2.05, 4.69) is 0 Å². The molecule has 1 rings (SSSR count). The van der Waals surface area contributed by atoms with E-state index in [1.807, 2.05) is 13.0 Å². The van der Waals surface area contributed by atoms with Crippen molar-refractivity contribution in [2.45, 2.75) is 39.7 Å². The monoisotopic (exact) mass is 252 g/mol. The van der Waals surface area contributed by atoms with Gasteiger partial charge in [-0.3, -0.25) is 0 Å². The summed E-state index contributed by atoms with van der Waals surface area (Å²) in [5.41, 5.74) is -0.562. The predicted molar refractivity (Wildman–Crippen MR) is 69.1 cm³/mol. The lowest BCUT2D eigenvalue weighted by molar-refractivity contribution is 0.0206. The number of hydrogen-bond donors (Lipinski definition) is 0. The molecule has 4 heteroatoms. The Morgan fingerprint density at radius 3 is 2.50 bits per heavy atom. The molecule has 0 atom stereocenters. The Bertz CT molecular complexity index is 393. The second-order valence-electron chi connectivity index (χ2n) is 4.89. The minimum absolute atomic E-state index is 0.415. The predicted octanol–water partition coefficient (Wildman–Crippen LogP) is 3.79. The summed E-state index contributed by atoms with van der Waals surface area (Å²) in [6, 6.07) is 6.94. The molecular weight excluding hydrogens is 232 g/mol. The van der Waals surface area contributed by atoms with E-state index in [4.69, 9.17) is 14.2 Å². The molecule has 0 aliphatic carbocycles. The zero-order valence-corrected chi connectivity index (χ0v) is 11.4. The van der Waals surface area contributed by atoms with Crippen molar-refractivity contribution in [1.82, 2.24) is 0 Å². The second-order valence-corrected chi connectivity index (χ2v) is 4.89. The first-order chi connectivity index (χ1) is 8.40. The largest absolute Gasteiger partial charge is 0.514 e. The number of carbonyl (C=O) groups excluding carboxylic acids is 1. The van der Waals surface area contributed by atoms with Crippen LogP contribution in [0.25, 0.3) is 0 Å². The summed E-state index contributed by atoms with van der Waals surface area (Å²) in [5, 5.41) is 0. The maximum atomic E-state index is 11.5. The lowest BCUT2D eigenvalue weighted by atomic mass is 10.2. The lowest BCUT2D eigenvalue weighted by Gasteiger charge is -2.18. The summed E-state index contributed by atoms with van der Waals surface area (Å²) >= 11 is 0. The molecule has 0 amide bonds. The molecule has 0 aromatic heterocycles. The van der Waals surface area contributed by atoms with E-state index < -0.39 is 11.8 Å². The Morgan fingerprint density at radius 2 is 1.89 bits per heavy atom. The zero-order chi connectivity index (χ0) is 13.6. The van der Waals surface area contributed by atoms with Crippen LogP contribution < -0.4 is 9.47 Å². The van der Waals surface area contributed by atoms with Gasteiger partial charge in [0.25, 0.3) is 0 Å². The Labute approximate surface area is 108 Å². The third-order valence-corrected chi connectivity index (χ3v) is 1.87. The van der Waals surface area contributed by atoms with Gasteiger partial charge in [0.05, 0.1) is 6.61 Å². The van der Waals surface area contributed by atoms with Gasteiger partial charge in [0.15, 0.2) is 0 Å². The highest BCUT2D eigenvalue weighted by molar-refractivity contribution is 5.64. The molecule has 0 saturated carbocycles. The maximum Gasteiger partial charge on any atom is 0.514 e. The molecule has 18 heavy (non-hydrogen) atoms. The van der Waals surface area contributed by atoms with Crippen molar-refractivity contribution < 1.29 is 19.0 Å². The number of carbonyl (C=O) groups is 1. The number of rotatable bonds is 4. The molecule has 0 fully saturated rings. The van der Waals surface area contributed by atoms with Gasteiger partial charge in [0.1, 0.15) is 17.1 Å². The zero-order valence-electron chi connectivity index (χ0n) is 11.4. The molecule has 0 radical (unpaired) electrons. The molecule has 0 saturated heterocycles. The van der Waals surface area contributed by atoms with Crippen LogP contribution in [0, 0.1) is 0 Å². The topological polar surface area (TPSA) is 44.8 Å². The van der Waals surface area contributed by atoms with Crippen molar-refractivity contribution in [2.75, 3.05) is 6.61 Å². The molecule has 0 spiro atoms. The summed E-state index contributed by atoms with van der Waals surface area (Å²) in [5.74, 6) is 1.09. The van der Waals surface area contributed by atoms with E-state index in [0.717, 1.165) is 6.42 Å². The fraction of sp³-hybridized carbons (Fsp3) is 0.500. The van der Waals surface area contributed by atoms with Crippen LogP contribution in [0.3, 0.4) is 0 Å². The number of ether oxygens (including phenoxy) is 3. The minimum atomic E-state index is -0.713. The first-order valence-electron chi connectivity index (χ1n) is 6.04. The van der Waals surface area contributed by atoms with Crippen molar-refractivity contribution in [2.24, 2.45) is 0 Å². The Kier molecular flexibility index (Phi) is 5.01. The van der Waals surface area contributed by atoms with Crippen molar-refractivity contribution in [3.05, 3.63) is 24.3 Å². The molecule has 0 bridgehead atoms. The highest BCUT2D eigenvalue weighted by Gasteiger charge is 2.18. The summed E-state index contributed by atoms with van der Waals surface area (Å²) < 4.78 is 15.6. The van der Waals surface area contributed by atoms with Gasteiger partial charge in [0, 0.05) is 6.07 Å². The molecule has 0 unspecified atom stereocenters. The Hall–Kier alpha value is -1.71. The smallest absolute Gasteiger partial charge is 0.493 e. The minimum Gasteiger partial charge on any atom is -0.493 e. The molecule has 100 valence electrons. The van der Waals surface area contributed by atoms with Gasteiger partial charge in [-0.1, -0.05) is 13.0 Å². The van der Waals surface area contributed by atoms with E-state index in [0.29, 0.717) is 18.1 Å². The van der Waals surface area contributed by atoms with E-state index >= 15 is 0 Å². The molecule has 0 heterocycles.